The first-order valence-electron chi connectivity index (χ1n) is 6.70. The van der Waals surface area contributed by atoms with Crippen LogP contribution >= 0.6 is 0 Å². The zero-order valence-corrected chi connectivity index (χ0v) is 11.0. The van der Waals surface area contributed by atoms with Crippen molar-refractivity contribution in [3.63, 3.8) is 0 Å². The number of ether oxygens (including phenoxy) is 1. The molecule has 0 N–H and O–H groups in total. The van der Waals surface area contributed by atoms with Gasteiger partial charge in [-0.25, -0.2) is 4.79 Å². The molecule has 18 heavy (non-hydrogen) atoms. The molecule has 1 aliphatic heterocycles. The number of nitrogens with zero attached hydrogens (tertiary/aromatic N) is 1. The number of hydrogen-bond acceptors (Lipinski definition) is 3. The Bertz CT molecular complexity index is 377. The van der Waals surface area contributed by atoms with Gasteiger partial charge in [0, 0.05) is 6.04 Å². The molecular weight excluding hydrogens is 226 g/mol. The van der Waals surface area contributed by atoms with Crippen molar-refractivity contribution >= 4 is 5.97 Å². The van der Waals surface area contributed by atoms with E-state index in [0.717, 1.165) is 13.0 Å². The Morgan fingerprint density at radius 2 is 2.11 bits per heavy atom. The summed E-state index contributed by atoms with van der Waals surface area (Å²) < 4.78 is 5.31. The first-order valence-corrected chi connectivity index (χ1v) is 6.70. The van der Waals surface area contributed by atoms with E-state index < -0.39 is 0 Å². The highest BCUT2D eigenvalue weighted by Gasteiger charge is 2.19. The van der Waals surface area contributed by atoms with Crippen molar-refractivity contribution in [3.8, 4) is 0 Å². The highest BCUT2D eigenvalue weighted by Crippen LogP contribution is 2.17. The van der Waals surface area contributed by atoms with Crippen LogP contribution < -0.4 is 0 Å². The Labute approximate surface area is 109 Å². The van der Waals surface area contributed by atoms with Crippen LogP contribution in [0, 0.1) is 0 Å². The number of piperidine rings is 1. The van der Waals surface area contributed by atoms with Gasteiger partial charge in [-0.05, 0) is 45.0 Å². The fourth-order valence-electron chi connectivity index (χ4n) is 2.45. The van der Waals surface area contributed by atoms with E-state index in [-0.39, 0.29) is 5.97 Å². The van der Waals surface area contributed by atoms with Crippen molar-refractivity contribution in [1.82, 2.24) is 4.90 Å². The SMILES string of the molecule is CN1CCCC[C@@H]1CCOC(=O)c1ccccc1. The number of esters is 1. The fraction of sp³-hybridized carbons (Fsp3) is 0.533. The third kappa shape index (κ3) is 3.57. The fourth-order valence-corrected chi connectivity index (χ4v) is 2.45. The maximum Gasteiger partial charge on any atom is 0.338 e. The molecule has 0 radical (unpaired) electrons. The molecular formula is C15H21NO2. The van der Waals surface area contributed by atoms with E-state index in [9.17, 15) is 4.79 Å². The second kappa shape index (κ2) is 6.55. The number of rotatable bonds is 4. The molecule has 98 valence electrons. The van der Waals surface area contributed by atoms with Gasteiger partial charge in [0.15, 0.2) is 0 Å². The molecule has 1 heterocycles. The average Bonchev–Trinajstić information content (AvgIpc) is 2.42. The third-order valence-electron chi connectivity index (χ3n) is 3.62. The summed E-state index contributed by atoms with van der Waals surface area (Å²) in [6, 6.07) is 9.75. The minimum atomic E-state index is -0.214. The molecule has 3 heteroatoms. The molecule has 2 rings (SSSR count). The molecule has 1 atom stereocenters. The van der Waals surface area contributed by atoms with Crippen LogP contribution in [0.2, 0.25) is 0 Å². The summed E-state index contributed by atoms with van der Waals surface area (Å²) in [6.45, 7) is 1.68. The molecule has 0 aromatic heterocycles. The van der Waals surface area contributed by atoms with Crippen LogP contribution in [-0.4, -0.2) is 37.1 Å². The lowest BCUT2D eigenvalue weighted by Gasteiger charge is -2.32. The van der Waals surface area contributed by atoms with Crippen molar-refractivity contribution in [2.24, 2.45) is 0 Å². The van der Waals surface area contributed by atoms with Crippen LogP contribution in [0.15, 0.2) is 30.3 Å². The second-order valence-corrected chi connectivity index (χ2v) is 4.92. The minimum absolute atomic E-state index is 0.214. The Morgan fingerprint density at radius 1 is 1.33 bits per heavy atom. The van der Waals surface area contributed by atoms with E-state index in [2.05, 4.69) is 11.9 Å². The van der Waals surface area contributed by atoms with Crippen molar-refractivity contribution in [1.29, 1.82) is 0 Å². The lowest BCUT2D eigenvalue weighted by Crippen LogP contribution is -2.37. The number of benzene rings is 1. The van der Waals surface area contributed by atoms with Crippen LogP contribution in [0.4, 0.5) is 0 Å². The monoisotopic (exact) mass is 247 g/mol. The zero-order chi connectivity index (χ0) is 12.8. The van der Waals surface area contributed by atoms with Crippen LogP contribution in [0.1, 0.15) is 36.0 Å². The third-order valence-corrected chi connectivity index (χ3v) is 3.62. The van der Waals surface area contributed by atoms with Crippen molar-refractivity contribution in [3.05, 3.63) is 35.9 Å². The number of carbonyl (C=O) groups excluding carboxylic acids is 1. The molecule has 1 saturated heterocycles. The Balaban J connectivity index is 1.73. The molecule has 0 aliphatic carbocycles. The molecule has 1 aliphatic rings. The standard InChI is InChI=1S/C15H21NO2/c1-16-11-6-5-9-14(16)10-12-18-15(17)13-7-3-2-4-8-13/h2-4,7-8,14H,5-6,9-12H2,1H3/t14-/m1/s1. The summed E-state index contributed by atoms with van der Waals surface area (Å²) in [5.41, 5.74) is 0.634. The second-order valence-electron chi connectivity index (χ2n) is 4.92. The predicted molar refractivity (Wildman–Crippen MR) is 71.6 cm³/mol. The van der Waals surface area contributed by atoms with Crippen LogP contribution in [0.5, 0.6) is 0 Å². The maximum atomic E-state index is 11.7. The highest BCUT2D eigenvalue weighted by molar-refractivity contribution is 5.89. The Morgan fingerprint density at radius 3 is 2.83 bits per heavy atom. The largest absolute Gasteiger partial charge is 0.462 e. The van der Waals surface area contributed by atoms with E-state index in [1.54, 1.807) is 12.1 Å². The van der Waals surface area contributed by atoms with Gasteiger partial charge in [-0.15, -0.1) is 0 Å². The normalized spacial score (nSPS) is 20.6. The molecule has 0 bridgehead atoms. The molecule has 0 saturated carbocycles. The van der Waals surface area contributed by atoms with E-state index in [0.29, 0.717) is 18.2 Å². The average molecular weight is 247 g/mol. The molecule has 0 amide bonds. The van der Waals surface area contributed by atoms with Gasteiger partial charge in [-0.3, -0.25) is 0 Å². The van der Waals surface area contributed by atoms with Gasteiger partial charge in [-0.2, -0.15) is 0 Å². The summed E-state index contributed by atoms with van der Waals surface area (Å²) >= 11 is 0. The lowest BCUT2D eigenvalue weighted by molar-refractivity contribution is 0.0450. The van der Waals surface area contributed by atoms with Crippen molar-refractivity contribution in [2.45, 2.75) is 31.7 Å². The van der Waals surface area contributed by atoms with Gasteiger partial charge in [-0.1, -0.05) is 24.6 Å². The number of carbonyl (C=O) groups is 1. The molecule has 3 nitrogen and oxygen atoms in total. The molecule has 1 fully saturated rings. The van der Waals surface area contributed by atoms with Gasteiger partial charge < -0.3 is 9.64 Å². The molecule has 0 spiro atoms. The quantitative estimate of drug-likeness (QED) is 0.766. The first kappa shape index (κ1) is 13.1. The van der Waals surface area contributed by atoms with Gasteiger partial charge in [0.1, 0.15) is 0 Å². The van der Waals surface area contributed by atoms with Gasteiger partial charge >= 0.3 is 5.97 Å². The van der Waals surface area contributed by atoms with Gasteiger partial charge in [0.05, 0.1) is 12.2 Å². The number of hydrogen-bond donors (Lipinski definition) is 0. The summed E-state index contributed by atoms with van der Waals surface area (Å²) in [5.74, 6) is -0.214. The molecule has 1 aromatic carbocycles. The molecule has 1 aromatic rings. The minimum Gasteiger partial charge on any atom is -0.462 e. The topological polar surface area (TPSA) is 29.5 Å². The lowest BCUT2D eigenvalue weighted by atomic mass is 10.0. The summed E-state index contributed by atoms with van der Waals surface area (Å²) in [6.07, 6.45) is 4.74. The summed E-state index contributed by atoms with van der Waals surface area (Å²) in [7, 11) is 2.16. The van der Waals surface area contributed by atoms with Gasteiger partial charge in [0.25, 0.3) is 0 Å². The van der Waals surface area contributed by atoms with Crippen molar-refractivity contribution in [2.75, 3.05) is 20.2 Å². The van der Waals surface area contributed by atoms with E-state index >= 15 is 0 Å². The van der Waals surface area contributed by atoms with Crippen LogP contribution in [0.3, 0.4) is 0 Å². The predicted octanol–water partition coefficient (Wildman–Crippen LogP) is 2.72. The Hall–Kier alpha value is -1.35. The van der Waals surface area contributed by atoms with Crippen molar-refractivity contribution < 1.29 is 9.53 Å². The Kier molecular flexibility index (Phi) is 4.76. The van der Waals surface area contributed by atoms with E-state index in [4.69, 9.17) is 4.74 Å². The zero-order valence-electron chi connectivity index (χ0n) is 11.0. The first-order chi connectivity index (χ1) is 8.77. The summed E-state index contributed by atoms with van der Waals surface area (Å²) in [5, 5.41) is 0. The van der Waals surface area contributed by atoms with E-state index in [1.807, 2.05) is 18.2 Å². The smallest absolute Gasteiger partial charge is 0.338 e. The van der Waals surface area contributed by atoms with E-state index in [1.165, 1.54) is 19.3 Å². The van der Waals surface area contributed by atoms with Crippen LogP contribution in [-0.2, 0) is 4.74 Å². The van der Waals surface area contributed by atoms with Crippen LogP contribution in [0.25, 0.3) is 0 Å². The highest BCUT2D eigenvalue weighted by atomic mass is 16.5. The number of likely N-dealkylation sites (tertiary alicyclic amines) is 1. The molecule has 0 unspecified atom stereocenters. The summed E-state index contributed by atoms with van der Waals surface area (Å²) in [4.78, 5) is 14.1. The maximum absolute atomic E-state index is 11.7. The van der Waals surface area contributed by atoms with Gasteiger partial charge in [0.2, 0.25) is 0 Å².